The van der Waals surface area contributed by atoms with Gasteiger partial charge in [0.2, 0.25) is 0 Å². The van der Waals surface area contributed by atoms with Crippen molar-refractivity contribution in [2.45, 2.75) is 25.4 Å². The van der Waals surface area contributed by atoms with Gasteiger partial charge in [0.15, 0.2) is 17.1 Å². The van der Waals surface area contributed by atoms with Gasteiger partial charge in [-0.2, -0.15) is 5.10 Å². The third-order valence-electron chi connectivity index (χ3n) is 7.83. The lowest BCUT2D eigenvalue weighted by atomic mass is 9.84. The summed E-state index contributed by atoms with van der Waals surface area (Å²) in [6.07, 6.45) is 4.55. The van der Waals surface area contributed by atoms with Crippen molar-refractivity contribution in [3.05, 3.63) is 119 Å². The van der Waals surface area contributed by atoms with Crippen molar-refractivity contribution in [2.24, 2.45) is 0 Å². The second-order valence-corrected chi connectivity index (χ2v) is 9.81. The van der Waals surface area contributed by atoms with E-state index in [1.54, 1.807) is 23.0 Å². The first-order valence-corrected chi connectivity index (χ1v) is 13.0. The molecule has 186 valence electrons. The summed E-state index contributed by atoms with van der Waals surface area (Å²) in [6, 6.07) is 25.6. The summed E-state index contributed by atoms with van der Waals surface area (Å²) in [5, 5.41) is 4.57. The zero-order chi connectivity index (χ0) is 25.4. The molecule has 0 radical (unpaired) electrons. The van der Waals surface area contributed by atoms with Crippen LogP contribution >= 0.6 is 0 Å². The van der Waals surface area contributed by atoms with Crippen LogP contribution in [0.5, 0.6) is 0 Å². The second-order valence-electron chi connectivity index (χ2n) is 9.81. The van der Waals surface area contributed by atoms with E-state index in [2.05, 4.69) is 46.1 Å². The monoisotopic (exact) mass is 490 g/mol. The Morgan fingerprint density at radius 2 is 1.35 bits per heavy atom. The number of fused-ring (bicyclic) bond motifs is 1. The van der Waals surface area contributed by atoms with E-state index in [9.17, 15) is 9.59 Å². The molecule has 1 fully saturated rings. The standard InChI is InChI=1S/C31H30N4O2/c1-2-23-10-6-7-11-24(23)21-33-16-18-34(19-17-33)31(29(36)27-14-8-9-15-28(27)30(31)37)25-20-32-35(22-25)26-12-4-3-5-13-26/h3-15,20,22H,2,16-19,21H2,1H3. The predicted molar refractivity (Wildman–Crippen MR) is 143 cm³/mol. The van der Waals surface area contributed by atoms with Crippen LogP contribution in [-0.2, 0) is 18.5 Å². The molecule has 3 aromatic carbocycles. The molecule has 37 heavy (non-hydrogen) atoms. The molecule has 0 spiro atoms. The molecule has 6 nitrogen and oxygen atoms in total. The highest BCUT2D eigenvalue weighted by molar-refractivity contribution is 6.32. The third kappa shape index (κ3) is 3.84. The van der Waals surface area contributed by atoms with Gasteiger partial charge in [-0.25, -0.2) is 4.68 Å². The van der Waals surface area contributed by atoms with Gasteiger partial charge in [-0.15, -0.1) is 0 Å². The average molecular weight is 491 g/mol. The lowest BCUT2D eigenvalue weighted by molar-refractivity contribution is 0.0279. The van der Waals surface area contributed by atoms with Crippen molar-refractivity contribution in [1.82, 2.24) is 19.6 Å². The summed E-state index contributed by atoms with van der Waals surface area (Å²) in [6.45, 7) is 5.86. The Labute approximate surface area is 217 Å². The molecule has 0 unspecified atom stereocenters. The van der Waals surface area contributed by atoms with E-state index in [-0.39, 0.29) is 11.6 Å². The lowest BCUT2D eigenvalue weighted by Crippen LogP contribution is -2.60. The van der Waals surface area contributed by atoms with Crippen molar-refractivity contribution < 1.29 is 9.59 Å². The topological polar surface area (TPSA) is 58.4 Å². The number of ketones is 2. The van der Waals surface area contributed by atoms with Gasteiger partial charge in [-0.3, -0.25) is 19.4 Å². The van der Waals surface area contributed by atoms with Gasteiger partial charge in [0.25, 0.3) is 0 Å². The molecule has 0 atom stereocenters. The van der Waals surface area contributed by atoms with Crippen LogP contribution in [-0.4, -0.2) is 57.3 Å². The fourth-order valence-corrected chi connectivity index (χ4v) is 5.87. The largest absolute Gasteiger partial charge is 0.297 e. The fraction of sp³-hybridized carbons (Fsp3) is 0.258. The molecule has 1 aliphatic carbocycles. The molecule has 2 aliphatic rings. The first-order chi connectivity index (χ1) is 18.1. The Hall–Kier alpha value is -3.87. The van der Waals surface area contributed by atoms with E-state index in [1.165, 1.54) is 11.1 Å². The Morgan fingerprint density at radius 3 is 2.00 bits per heavy atom. The molecule has 1 aromatic heterocycles. The Morgan fingerprint density at radius 1 is 0.757 bits per heavy atom. The van der Waals surface area contributed by atoms with Crippen LogP contribution in [0.1, 0.15) is 44.3 Å². The third-order valence-corrected chi connectivity index (χ3v) is 7.83. The molecule has 0 amide bonds. The minimum absolute atomic E-state index is 0.148. The number of hydrogen-bond acceptors (Lipinski definition) is 5. The molecule has 0 bridgehead atoms. The number of carbonyl (C=O) groups excluding carboxylic acids is 2. The van der Waals surface area contributed by atoms with E-state index in [4.69, 9.17) is 0 Å². The zero-order valence-corrected chi connectivity index (χ0v) is 21.0. The first-order valence-electron chi connectivity index (χ1n) is 13.0. The van der Waals surface area contributed by atoms with E-state index in [1.807, 2.05) is 48.7 Å². The maximum Gasteiger partial charge on any atom is 0.196 e. The summed E-state index contributed by atoms with van der Waals surface area (Å²) < 4.78 is 1.75. The molecule has 4 aromatic rings. The van der Waals surface area contributed by atoms with Gasteiger partial charge < -0.3 is 0 Å². The smallest absolute Gasteiger partial charge is 0.196 e. The Bertz CT molecular complexity index is 1420. The summed E-state index contributed by atoms with van der Waals surface area (Å²) in [4.78, 5) is 32.7. The number of Topliss-reactive ketones (excluding diaryl/α,β-unsaturated/α-hetero) is 2. The number of hydrogen-bond donors (Lipinski definition) is 0. The van der Waals surface area contributed by atoms with Gasteiger partial charge in [0.1, 0.15) is 0 Å². The highest BCUT2D eigenvalue weighted by Crippen LogP contribution is 2.43. The molecule has 2 heterocycles. The number of carbonyl (C=O) groups is 2. The lowest BCUT2D eigenvalue weighted by Gasteiger charge is -2.43. The molecule has 0 saturated carbocycles. The summed E-state index contributed by atoms with van der Waals surface area (Å²) in [7, 11) is 0. The summed E-state index contributed by atoms with van der Waals surface area (Å²) >= 11 is 0. The summed E-state index contributed by atoms with van der Waals surface area (Å²) in [5.41, 5.74) is 3.85. The van der Waals surface area contributed by atoms with Crippen LogP contribution in [0.2, 0.25) is 0 Å². The van der Waals surface area contributed by atoms with Crippen LogP contribution in [0.15, 0.2) is 91.3 Å². The normalized spacial score (nSPS) is 17.8. The molecule has 1 aliphatic heterocycles. The van der Waals surface area contributed by atoms with Gasteiger partial charge in [0.05, 0.1) is 11.9 Å². The van der Waals surface area contributed by atoms with Crippen molar-refractivity contribution in [3.63, 3.8) is 0 Å². The number of aryl methyl sites for hydroxylation is 1. The molecule has 0 N–H and O–H groups in total. The molecule has 1 saturated heterocycles. The molecular formula is C31H30N4O2. The fourth-order valence-electron chi connectivity index (χ4n) is 5.87. The minimum atomic E-state index is -1.38. The van der Waals surface area contributed by atoms with Crippen molar-refractivity contribution in [1.29, 1.82) is 0 Å². The average Bonchev–Trinajstić information content (AvgIpc) is 3.53. The van der Waals surface area contributed by atoms with Gasteiger partial charge >= 0.3 is 0 Å². The molecular weight excluding hydrogens is 460 g/mol. The van der Waals surface area contributed by atoms with Gasteiger partial charge in [-0.1, -0.05) is 73.7 Å². The van der Waals surface area contributed by atoms with E-state index < -0.39 is 5.54 Å². The van der Waals surface area contributed by atoms with Crippen LogP contribution in [0, 0.1) is 0 Å². The number of nitrogens with zero attached hydrogens (tertiary/aromatic N) is 4. The number of aromatic nitrogens is 2. The van der Waals surface area contributed by atoms with E-state index >= 15 is 0 Å². The number of rotatable bonds is 6. The Kier molecular flexibility index (Phi) is 6.07. The van der Waals surface area contributed by atoms with Gasteiger partial charge in [-0.05, 0) is 29.7 Å². The Balaban J connectivity index is 1.34. The maximum absolute atomic E-state index is 14.1. The number of para-hydroxylation sites is 1. The number of piperazine rings is 1. The van der Waals surface area contributed by atoms with Crippen molar-refractivity contribution in [3.8, 4) is 5.69 Å². The maximum atomic E-state index is 14.1. The van der Waals surface area contributed by atoms with Crippen molar-refractivity contribution >= 4 is 11.6 Å². The quantitative estimate of drug-likeness (QED) is 0.372. The summed E-state index contributed by atoms with van der Waals surface area (Å²) in [5.74, 6) is -0.295. The second kappa shape index (κ2) is 9.54. The van der Waals surface area contributed by atoms with Crippen LogP contribution < -0.4 is 0 Å². The predicted octanol–water partition coefficient (Wildman–Crippen LogP) is 4.53. The highest BCUT2D eigenvalue weighted by Gasteiger charge is 2.58. The van der Waals surface area contributed by atoms with Gasteiger partial charge in [0, 0.05) is 55.6 Å². The first kappa shape index (κ1) is 23.5. The molecule has 6 rings (SSSR count). The number of benzene rings is 3. The van der Waals surface area contributed by atoms with Crippen LogP contribution in [0.4, 0.5) is 0 Å². The van der Waals surface area contributed by atoms with E-state index in [0.717, 1.165) is 31.7 Å². The van der Waals surface area contributed by atoms with Crippen LogP contribution in [0.25, 0.3) is 5.69 Å². The molecule has 6 heteroatoms. The van der Waals surface area contributed by atoms with Crippen molar-refractivity contribution in [2.75, 3.05) is 26.2 Å². The minimum Gasteiger partial charge on any atom is -0.297 e. The van der Waals surface area contributed by atoms with Crippen LogP contribution in [0.3, 0.4) is 0 Å². The SMILES string of the molecule is CCc1ccccc1CN1CCN(C2(c3cnn(-c4ccccc4)c3)C(=O)c3ccccc3C2=O)CC1. The highest BCUT2D eigenvalue weighted by atomic mass is 16.2. The van der Waals surface area contributed by atoms with E-state index in [0.29, 0.717) is 29.8 Å². The zero-order valence-electron chi connectivity index (χ0n) is 21.0.